The Bertz CT molecular complexity index is 688. The Balaban J connectivity index is 3.77. The molecule has 8 heteroatoms. The molecule has 0 aliphatic rings. The van der Waals surface area contributed by atoms with E-state index in [1.165, 1.54) is 26.0 Å². The van der Waals surface area contributed by atoms with Gasteiger partial charge < -0.3 is 9.47 Å². The van der Waals surface area contributed by atoms with E-state index in [1.807, 2.05) is 6.07 Å². The van der Waals surface area contributed by atoms with Crippen molar-refractivity contribution in [3.8, 4) is 0 Å². The fraction of sp³-hybridized carbons (Fsp3) is 0.286. The Morgan fingerprint density at radius 1 is 1.18 bits per heavy atom. The van der Waals surface area contributed by atoms with E-state index in [0.717, 1.165) is 6.26 Å². The van der Waals surface area contributed by atoms with Gasteiger partial charge in [-0.05, 0) is 6.26 Å². The van der Waals surface area contributed by atoms with E-state index in [2.05, 4.69) is 4.99 Å². The Morgan fingerprint density at radius 2 is 1.73 bits per heavy atom. The van der Waals surface area contributed by atoms with Gasteiger partial charge in [0.25, 0.3) is 0 Å². The average molecular weight is 359 g/mol. The quantitative estimate of drug-likeness (QED) is 0.356. The lowest BCUT2D eigenvalue weighted by Crippen LogP contribution is -2.12. The highest BCUT2D eigenvalue weighted by molar-refractivity contribution is 8.25. The Labute approximate surface area is 140 Å². The molecule has 0 fully saturated rings. The molecule has 0 bridgehead atoms. The van der Waals surface area contributed by atoms with Gasteiger partial charge in [-0.25, -0.2) is 8.42 Å². The predicted molar refractivity (Wildman–Crippen MR) is 95.8 cm³/mol. The molecule has 0 spiro atoms. The van der Waals surface area contributed by atoms with Crippen LogP contribution < -0.4 is 0 Å². The third-order valence-electron chi connectivity index (χ3n) is 2.56. The molecule has 120 valence electrons. The number of hydrogen-bond donors (Lipinski definition) is 0. The number of thiocarbonyl (C=S) groups is 1. The Hall–Kier alpha value is -1.38. The van der Waals surface area contributed by atoms with Gasteiger partial charge in [-0.1, -0.05) is 42.5 Å². The number of ether oxygens (including phenoxy) is 2. The van der Waals surface area contributed by atoms with Crippen LogP contribution in [0, 0.1) is 0 Å². The number of thioether (sulfide) groups is 1. The van der Waals surface area contributed by atoms with Crippen molar-refractivity contribution < 1.29 is 17.9 Å². The van der Waals surface area contributed by atoms with Gasteiger partial charge in [0.2, 0.25) is 0 Å². The van der Waals surface area contributed by atoms with Crippen molar-refractivity contribution in [3.63, 3.8) is 0 Å². The number of nitrogens with zero attached hydrogens (tertiary/aromatic N) is 1. The smallest absolute Gasteiger partial charge is 0.388 e. The molecule has 0 amide bonds. The van der Waals surface area contributed by atoms with Crippen molar-refractivity contribution in [3.05, 3.63) is 40.8 Å². The molecule has 1 rings (SSSR count). The largest absolute Gasteiger partial charge is 0.454 e. The maximum absolute atomic E-state index is 12.2. The van der Waals surface area contributed by atoms with Crippen molar-refractivity contribution in [2.45, 2.75) is 0 Å². The number of benzene rings is 1. The maximum Gasteiger partial charge on any atom is 0.388 e. The highest BCUT2D eigenvalue weighted by atomic mass is 32.2. The summed E-state index contributed by atoms with van der Waals surface area (Å²) in [5.74, 6) is 0. The second-order valence-electron chi connectivity index (χ2n) is 4.09. The van der Waals surface area contributed by atoms with Gasteiger partial charge in [0.05, 0.1) is 24.1 Å². The average Bonchev–Trinajstić information content (AvgIpc) is 2.50. The van der Waals surface area contributed by atoms with Gasteiger partial charge in [0.1, 0.15) is 4.91 Å². The van der Waals surface area contributed by atoms with E-state index in [4.69, 9.17) is 21.7 Å². The lowest BCUT2D eigenvalue weighted by atomic mass is 10.1. The molecule has 0 aliphatic heterocycles. The van der Waals surface area contributed by atoms with Gasteiger partial charge in [-0.15, -0.1) is 11.8 Å². The molecule has 0 N–H and O–H groups in total. The number of hydrogen-bond acceptors (Lipinski definition) is 7. The van der Waals surface area contributed by atoms with Gasteiger partial charge >= 0.3 is 6.08 Å². The molecule has 0 heterocycles. The summed E-state index contributed by atoms with van der Waals surface area (Å²) in [6.07, 6.45) is 2.76. The van der Waals surface area contributed by atoms with Gasteiger partial charge in [0.15, 0.2) is 9.84 Å². The lowest BCUT2D eigenvalue weighted by Gasteiger charge is -2.12. The molecule has 0 unspecified atom stereocenters. The first-order valence-corrected chi connectivity index (χ1v) is 9.62. The summed E-state index contributed by atoms with van der Waals surface area (Å²) >= 11 is 6.37. The van der Waals surface area contributed by atoms with E-state index >= 15 is 0 Å². The van der Waals surface area contributed by atoms with Crippen molar-refractivity contribution >= 4 is 49.8 Å². The maximum atomic E-state index is 12.2. The molecule has 22 heavy (non-hydrogen) atoms. The zero-order valence-corrected chi connectivity index (χ0v) is 15.1. The summed E-state index contributed by atoms with van der Waals surface area (Å²) in [6.45, 7) is 0. The van der Waals surface area contributed by atoms with E-state index in [-0.39, 0.29) is 20.9 Å². The van der Waals surface area contributed by atoms with Crippen molar-refractivity contribution in [2.24, 2.45) is 4.99 Å². The van der Waals surface area contributed by atoms with Gasteiger partial charge in [-0.2, -0.15) is 4.99 Å². The molecular formula is C14H17NO4S3. The van der Waals surface area contributed by atoms with E-state index in [1.54, 1.807) is 30.5 Å². The standard InChI is InChI=1S/C14H17NO4S3/c1-18-14(19-2)15-11(10-8-6-5-7-9-10)12(13(20)21-3)22(4,16)17/h5-9H,1-4H3/b12-11+. The summed E-state index contributed by atoms with van der Waals surface area (Å²) in [5, 5.41) is 0. The van der Waals surface area contributed by atoms with Crippen LogP contribution in [0.15, 0.2) is 40.2 Å². The van der Waals surface area contributed by atoms with Crippen molar-refractivity contribution in [1.82, 2.24) is 0 Å². The molecule has 0 radical (unpaired) electrons. The van der Waals surface area contributed by atoms with Crippen LogP contribution in [0.4, 0.5) is 0 Å². The zero-order chi connectivity index (χ0) is 16.8. The van der Waals surface area contributed by atoms with Gasteiger partial charge in [-0.3, -0.25) is 0 Å². The fourth-order valence-corrected chi connectivity index (χ4v) is 3.98. The van der Waals surface area contributed by atoms with Crippen LogP contribution in [0.5, 0.6) is 0 Å². The number of rotatable bonds is 4. The molecule has 5 nitrogen and oxygen atoms in total. The minimum atomic E-state index is -3.59. The lowest BCUT2D eigenvalue weighted by molar-refractivity contribution is 0.243. The molecule has 0 saturated carbocycles. The van der Waals surface area contributed by atoms with Gasteiger partial charge in [0, 0.05) is 11.8 Å². The first-order valence-electron chi connectivity index (χ1n) is 6.09. The number of methoxy groups -OCH3 is 2. The monoisotopic (exact) mass is 359 g/mol. The van der Waals surface area contributed by atoms with Crippen molar-refractivity contribution in [2.75, 3.05) is 26.7 Å². The summed E-state index contributed by atoms with van der Waals surface area (Å²) in [7, 11) is -0.813. The minimum absolute atomic E-state index is 0.0206. The molecule has 0 aliphatic carbocycles. The molecular weight excluding hydrogens is 342 g/mol. The Kier molecular flexibility index (Phi) is 7.05. The fourth-order valence-electron chi connectivity index (χ4n) is 1.62. The van der Waals surface area contributed by atoms with Crippen LogP contribution in [0.3, 0.4) is 0 Å². The summed E-state index contributed by atoms with van der Waals surface area (Å²) in [5.41, 5.74) is 0.798. The third-order valence-corrected chi connectivity index (χ3v) is 5.23. The molecule has 0 aromatic heterocycles. The van der Waals surface area contributed by atoms with Crippen LogP contribution >= 0.6 is 24.0 Å². The second kappa shape index (κ2) is 8.30. The molecule has 1 aromatic rings. The van der Waals surface area contributed by atoms with E-state index < -0.39 is 9.84 Å². The van der Waals surface area contributed by atoms with Crippen LogP contribution in [-0.4, -0.2) is 45.4 Å². The Morgan fingerprint density at radius 3 is 2.14 bits per heavy atom. The molecule has 0 saturated heterocycles. The normalized spacial score (nSPS) is 12.2. The summed E-state index contributed by atoms with van der Waals surface area (Å²) in [4.78, 5) is 4.17. The molecule has 1 aromatic carbocycles. The minimum Gasteiger partial charge on any atom is -0.454 e. The number of sulfone groups is 1. The molecule has 0 atom stereocenters. The highest BCUT2D eigenvalue weighted by Crippen LogP contribution is 2.28. The van der Waals surface area contributed by atoms with E-state index in [9.17, 15) is 8.42 Å². The first kappa shape index (κ1) is 18.7. The predicted octanol–water partition coefficient (Wildman–Crippen LogP) is 2.74. The van der Waals surface area contributed by atoms with Crippen LogP contribution in [-0.2, 0) is 19.3 Å². The summed E-state index contributed by atoms with van der Waals surface area (Å²) < 4.78 is 34.6. The zero-order valence-electron chi connectivity index (χ0n) is 12.7. The topological polar surface area (TPSA) is 65.0 Å². The number of aliphatic imine (C=N–C) groups is 1. The van der Waals surface area contributed by atoms with Crippen molar-refractivity contribution in [1.29, 1.82) is 0 Å². The van der Waals surface area contributed by atoms with E-state index in [0.29, 0.717) is 5.56 Å². The highest BCUT2D eigenvalue weighted by Gasteiger charge is 2.23. The second-order valence-corrected chi connectivity index (χ2v) is 7.53. The van der Waals surface area contributed by atoms with Crippen LogP contribution in [0.1, 0.15) is 5.56 Å². The van der Waals surface area contributed by atoms with Crippen LogP contribution in [0.2, 0.25) is 0 Å². The summed E-state index contributed by atoms with van der Waals surface area (Å²) in [6, 6.07) is 8.88. The third kappa shape index (κ3) is 4.82. The first-order chi connectivity index (χ1) is 10.3. The SMILES string of the molecule is COC(=N/C(=C(\C(=S)SC)S(C)(=O)=O)c1ccccc1)OC. The van der Waals surface area contributed by atoms with Crippen LogP contribution in [0.25, 0.3) is 5.70 Å².